The van der Waals surface area contributed by atoms with E-state index in [0.29, 0.717) is 0 Å². The van der Waals surface area contributed by atoms with Crippen molar-refractivity contribution in [3.8, 4) is 44.5 Å². The standard InChI is InChI=1S/C45H24Br8N4/c1-57-44-28(24-18-10-4-11-19-24)42-34(50)32(48)40(55-42)26(22-14-6-2-7-15-22)38-30(46)31(47)39(54-38)27(23-16-8-3-9-17-23)41-33(49)35(51)43(56-41)29(25-20-12-5-13-21-25)45(57)37(53)36(44)52/h2-21,54H,1H3. The largest absolute Gasteiger partial charge is 0.352 e. The zero-order valence-electron chi connectivity index (χ0n) is 29.4. The van der Waals surface area contributed by atoms with Crippen molar-refractivity contribution in [3.05, 3.63) is 162 Å². The lowest BCUT2D eigenvalue weighted by molar-refractivity contribution is 1.01. The molecule has 7 aromatic rings. The molecule has 0 amide bonds. The van der Waals surface area contributed by atoms with Gasteiger partial charge in [0.1, 0.15) is 0 Å². The number of rotatable bonds is 4. The summed E-state index contributed by atoms with van der Waals surface area (Å²) >= 11 is 32.4. The monoisotopic (exact) mass is 1250 g/mol. The average molecular weight is 1260 g/mol. The van der Waals surface area contributed by atoms with Gasteiger partial charge in [0.2, 0.25) is 0 Å². The molecule has 0 atom stereocenters. The van der Waals surface area contributed by atoms with Gasteiger partial charge in [0, 0.05) is 29.3 Å². The van der Waals surface area contributed by atoms with Crippen molar-refractivity contribution in [2.75, 3.05) is 0 Å². The summed E-state index contributed by atoms with van der Waals surface area (Å²) in [5.74, 6) is 0. The summed E-state index contributed by atoms with van der Waals surface area (Å²) in [5.41, 5.74) is 14.3. The van der Waals surface area contributed by atoms with Crippen molar-refractivity contribution in [2.45, 2.75) is 0 Å². The molecule has 5 heterocycles. The minimum absolute atomic E-state index is 0.768. The average Bonchev–Trinajstić information content (AvgIpc) is 3.87. The number of aryl methyl sites for hydroxylation is 1. The first-order chi connectivity index (χ1) is 27.6. The number of hydrogen-bond acceptors (Lipinski definition) is 2. The molecule has 8 bridgehead atoms. The lowest BCUT2D eigenvalue weighted by Gasteiger charge is -2.11. The molecule has 0 unspecified atom stereocenters. The number of aromatic amines is 1. The molecule has 4 nitrogen and oxygen atoms in total. The van der Waals surface area contributed by atoms with Gasteiger partial charge in [-0.1, -0.05) is 121 Å². The molecule has 0 saturated carbocycles. The van der Waals surface area contributed by atoms with Crippen LogP contribution in [0.25, 0.3) is 84.5 Å². The highest BCUT2D eigenvalue weighted by Crippen LogP contribution is 2.53. The van der Waals surface area contributed by atoms with Crippen LogP contribution in [-0.2, 0) is 7.05 Å². The van der Waals surface area contributed by atoms with Gasteiger partial charge in [-0.25, -0.2) is 9.97 Å². The van der Waals surface area contributed by atoms with E-state index < -0.39 is 0 Å². The number of hydrogen-bond donors (Lipinski definition) is 1. The number of aromatic nitrogens is 4. The molecule has 0 aliphatic carbocycles. The Labute approximate surface area is 396 Å². The maximum absolute atomic E-state index is 5.58. The van der Waals surface area contributed by atoms with Gasteiger partial charge in [-0.2, -0.15) is 0 Å². The first-order valence-corrected chi connectivity index (χ1v) is 23.8. The summed E-state index contributed by atoms with van der Waals surface area (Å²) in [6.45, 7) is 0. The number of benzene rings is 4. The smallest absolute Gasteiger partial charge is 0.0891 e. The highest BCUT2D eigenvalue weighted by atomic mass is 79.9. The maximum Gasteiger partial charge on any atom is 0.0891 e. The van der Waals surface area contributed by atoms with E-state index in [1.165, 1.54) is 0 Å². The van der Waals surface area contributed by atoms with Crippen molar-refractivity contribution in [1.29, 1.82) is 0 Å². The van der Waals surface area contributed by atoms with Crippen molar-refractivity contribution in [2.24, 2.45) is 7.05 Å². The molecule has 57 heavy (non-hydrogen) atoms. The molecular formula is C45H24Br8N4. The van der Waals surface area contributed by atoms with Crippen LogP contribution >= 0.6 is 127 Å². The Morgan fingerprint density at radius 1 is 0.368 bits per heavy atom. The molecule has 4 aromatic carbocycles. The first-order valence-electron chi connectivity index (χ1n) is 17.4. The van der Waals surface area contributed by atoms with E-state index in [4.69, 9.17) is 9.97 Å². The van der Waals surface area contributed by atoms with E-state index in [1.54, 1.807) is 0 Å². The van der Waals surface area contributed by atoms with Crippen LogP contribution in [0.4, 0.5) is 0 Å². The van der Waals surface area contributed by atoms with E-state index >= 15 is 0 Å². The minimum atomic E-state index is 0.768. The fourth-order valence-electron chi connectivity index (χ4n) is 7.46. The zero-order chi connectivity index (χ0) is 39.7. The Morgan fingerprint density at radius 3 is 0.930 bits per heavy atom. The van der Waals surface area contributed by atoms with Gasteiger partial charge in [0.05, 0.1) is 80.7 Å². The van der Waals surface area contributed by atoms with Gasteiger partial charge in [-0.15, -0.1) is 0 Å². The molecule has 2 aliphatic heterocycles. The lowest BCUT2D eigenvalue weighted by Crippen LogP contribution is -1.96. The van der Waals surface area contributed by atoms with E-state index in [9.17, 15) is 0 Å². The SMILES string of the molecule is Cn1c2c(Br)c(Br)c1c(-c1ccccc1)c1nc(c(-c3ccccc3)c3[nH]c(c(Br)c3Br)c(-c3ccccc3)c3nc(c2-c2ccccc2)C(Br)=C3Br)C(Br)=C1Br. The topological polar surface area (TPSA) is 46.5 Å². The van der Waals surface area contributed by atoms with Crippen LogP contribution in [0.5, 0.6) is 0 Å². The Hall–Kier alpha value is -2.68. The Morgan fingerprint density at radius 2 is 0.632 bits per heavy atom. The second-order valence-electron chi connectivity index (χ2n) is 13.2. The number of fused-ring (bicyclic) bond motifs is 8. The highest BCUT2D eigenvalue weighted by molar-refractivity contribution is 9.18. The summed E-state index contributed by atoms with van der Waals surface area (Å²) in [6, 6.07) is 41.5. The fraction of sp³-hybridized carbons (Fsp3) is 0.0222. The summed E-state index contributed by atoms with van der Waals surface area (Å²) in [6.07, 6.45) is 0. The van der Waals surface area contributed by atoms with Gasteiger partial charge < -0.3 is 9.55 Å². The van der Waals surface area contributed by atoms with E-state index in [2.05, 4.69) is 241 Å². The second kappa shape index (κ2) is 16.1. The Bertz CT molecular complexity index is 2830. The van der Waals surface area contributed by atoms with Gasteiger partial charge in [0.15, 0.2) is 0 Å². The molecule has 3 aromatic heterocycles. The molecular weight excluding hydrogens is 1240 g/mol. The normalized spacial score (nSPS) is 12.9. The minimum Gasteiger partial charge on any atom is -0.352 e. The quantitative estimate of drug-likeness (QED) is 0.191. The molecule has 0 spiro atoms. The summed E-state index contributed by atoms with van der Waals surface area (Å²) < 4.78 is 9.03. The van der Waals surface area contributed by atoms with Crippen molar-refractivity contribution in [1.82, 2.24) is 19.5 Å². The summed E-state index contributed by atoms with van der Waals surface area (Å²) in [5, 5.41) is 0. The number of nitrogens with zero attached hydrogens (tertiary/aromatic N) is 3. The molecule has 280 valence electrons. The van der Waals surface area contributed by atoms with E-state index in [0.717, 1.165) is 125 Å². The second-order valence-corrected chi connectivity index (χ2v) is 19.6. The van der Waals surface area contributed by atoms with Crippen LogP contribution in [0.3, 0.4) is 0 Å². The third kappa shape index (κ3) is 6.65. The fourth-order valence-corrected chi connectivity index (χ4v) is 11.6. The van der Waals surface area contributed by atoms with Gasteiger partial charge >= 0.3 is 0 Å². The van der Waals surface area contributed by atoms with Crippen LogP contribution in [-0.4, -0.2) is 19.5 Å². The molecule has 12 heteroatoms. The predicted molar refractivity (Wildman–Crippen MR) is 268 cm³/mol. The maximum atomic E-state index is 5.58. The first kappa shape index (κ1) is 39.8. The highest BCUT2D eigenvalue weighted by Gasteiger charge is 2.31. The van der Waals surface area contributed by atoms with Crippen molar-refractivity contribution in [3.63, 3.8) is 0 Å². The van der Waals surface area contributed by atoms with E-state index in [1.807, 2.05) is 24.3 Å². The van der Waals surface area contributed by atoms with Crippen molar-refractivity contribution < 1.29 is 0 Å². The Kier molecular flexibility index (Phi) is 11.2. The summed E-state index contributed by atoms with van der Waals surface area (Å²) in [7, 11) is 2.10. The number of halogens is 8. The third-order valence-corrected chi connectivity index (χ3v) is 18.3. The predicted octanol–water partition coefficient (Wildman–Crippen LogP) is 17.3. The molecule has 9 rings (SSSR count). The molecule has 0 radical (unpaired) electrons. The van der Waals surface area contributed by atoms with Crippen LogP contribution in [0.15, 0.2) is 139 Å². The van der Waals surface area contributed by atoms with Crippen LogP contribution < -0.4 is 0 Å². The molecule has 1 N–H and O–H groups in total. The van der Waals surface area contributed by atoms with Crippen molar-refractivity contribution >= 4 is 167 Å². The lowest BCUT2D eigenvalue weighted by atomic mass is 10.0. The van der Waals surface area contributed by atoms with Crippen LogP contribution in [0, 0.1) is 0 Å². The molecule has 0 fully saturated rings. The third-order valence-electron chi connectivity index (χ3n) is 10.00. The van der Waals surface area contributed by atoms with Crippen LogP contribution in [0.2, 0.25) is 0 Å². The number of nitrogens with one attached hydrogen (secondary N) is 1. The van der Waals surface area contributed by atoms with Gasteiger partial charge in [-0.05, 0) is 150 Å². The zero-order valence-corrected chi connectivity index (χ0v) is 42.1. The van der Waals surface area contributed by atoms with Gasteiger partial charge in [-0.3, -0.25) is 0 Å². The van der Waals surface area contributed by atoms with Gasteiger partial charge in [0.25, 0.3) is 0 Å². The van der Waals surface area contributed by atoms with Crippen LogP contribution in [0.1, 0.15) is 22.8 Å². The Balaban J connectivity index is 1.65. The van der Waals surface area contributed by atoms with E-state index in [-0.39, 0.29) is 0 Å². The number of H-pyrrole nitrogens is 1. The molecule has 0 saturated heterocycles. The summed E-state index contributed by atoms with van der Waals surface area (Å²) in [4.78, 5) is 15.0. The molecule has 2 aliphatic rings.